The molecule has 0 aromatic heterocycles. The van der Waals surface area contributed by atoms with Gasteiger partial charge in [-0.2, -0.15) is 23.7 Å². The first-order valence-electron chi connectivity index (χ1n) is 4.20. The molecule has 0 saturated heterocycles. The number of allylic oxidation sites excluding steroid dienone is 4. The average Bonchev–Trinajstić information content (AvgIpc) is 2.11. The van der Waals surface area contributed by atoms with E-state index in [-0.39, 0.29) is 11.1 Å². The van der Waals surface area contributed by atoms with Crippen molar-refractivity contribution in [1.82, 2.24) is 0 Å². The number of rotatable bonds is 3. The van der Waals surface area contributed by atoms with Crippen LogP contribution in [0.3, 0.4) is 0 Å². The largest absolute Gasteiger partial charge is 0.393 e. The molecule has 15 heavy (non-hydrogen) atoms. The van der Waals surface area contributed by atoms with Crippen molar-refractivity contribution in [2.24, 2.45) is 0 Å². The molecular formula is C10H9F3N2. The Hall–Kier alpha value is -1.75. The first-order chi connectivity index (χ1) is 6.92. The monoisotopic (exact) mass is 214 g/mol. The highest BCUT2D eigenvalue weighted by Gasteiger charge is 2.28. The lowest BCUT2D eigenvalue weighted by Gasteiger charge is -2.06. The van der Waals surface area contributed by atoms with Gasteiger partial charge in [-0.3, -0.25) is 0 Å². The van der Waals surface area contributed by atoms with Gasteiger partial charge in [0.2, 0.25) is 0 Å². The fraction of sp³-hybridized carbons (Fsp3) is 0.400. The maximum absolute atomic E-state index is 12.1. The maximum atomic E-state index is 12.1. The number of halogens is 3. The third-order valence-electron chi connectivity index (χ3n) is 1.44. The molecule has 0 aromatic rings. The summed E-state index contributed by atoms with van der Waals surface area (Å²) in [6.07, 6.45) is -2.70. The molecule has 0 atom stereocenters. The van der Waals surface area contributed by atoms with Gasteiger partial charge in [-0.15, -0.1) is 0 Å². The first kappa shape index (κ1) is 13.2. The summed E-state index contributed by atoms with van der Waals surface area (Å²) in [6.45, 7) is 1.68. The number of nitriles is 2. The van der Waals surface area contributed by atoms with Crippen LogP contribution in [0.2, 0.25) is 0 Å². The molecule has 0 N–H and O–H groups in total. The van der Waals surface area contributed by atoms with Gasteiger partial charge in [0.25, 0.3) is 0 Å². The van der Waals surface area contributed by atoms with Crippen LogP contribution < -0.4 is 0 Å². The number of nitrogens with zero attached hydrogens (tertiary/aromatic N) is 2. The predicted molar refractivity (Wildman–Crippen MR) is 48.4 cm³/mol. The van der Waals surface area contributed by atoms with Gasteiger partial charge in [0.1, 0.15) is 17.7 Å². The Balaban J connectivity index is 4.89. The van der Waals surface area contributed by atoms with Crippen molar-refractivity contribution in [2.75, 3.05) is 0 Å². The number of alkyl halides is 3. The van der Waals surface area contributed by atoms with Crippen LogP contribution in [0.4, 0.5) is 13.2 Å². The highest BCUT2D eigenvalue weighted by atomic mass is 19.4. The van der Waals surface area contributed by atoms with Crippen LogP contribution >= 0.6 is 0 Å². The number of hydrogen-bond acceptors (Lipinski definition) is 2. The Morgan fingerprint density at radius 1 is 1.27 bits per heavy atom. The lowest BCUT2D eigenvalue weighted by Crippen LogP contribution is -2.07. The van der Waals surface area contributed by atoms with E-state index in [1.54, 1.807) is 6.92 Å². The predicted octanol–water partition coefficient (Wildman–Crippen LogP) is 3.25. The van der Waals surface area contributed by atoms with E-state index >= 15 is 0 Å². The Morgan fingerprint density at radius 2 is 1.80 bits per heavy atom. The summed E-state index contributed by atoms with van der Waals surface area (Å²) in [5.41, 5.74) is -0.373. The Kier molecular flexibility index (Phi) is 5.19. The first-order valence-corrected chi connectivity index (χ1v) is 4.20. The molecule has 0 fully saturated rings. The molecule has 0 rings (SSSR count). The molecule has 5 heteroatoms. The minimum atomic E-state index is -4.33. The smallest absolute Gasteiger partial charge is 0.192 e. The molecule has 0 saturated carbocycles. The molecule has 2 nitrogen and oxygen atoms in total. The lowest BCUT2D eigenvalue weighted by atomic mass is 10.1. The fourth-order valence-electron chi connectivity index (χ4n) is 0.951. The van der Waals surface area contributed by atoms with E-state index in [2.05, 4.69) is 0 Å². The second-order valence-corrected chi connectivity index (χ2v) is 2.76. The van der Waals surface area contributed by atoms with Crippen LogP contribution in [0.15, 0.2) is 23.3 Å². The summed E-state index contributed by atoms with van der Waals surface area (Å²) in [7, 11) is 0. The van der Waals surface area contributed by atoms with Gasteiger partial charge in [0, 0.05) is 0 Å². The third-order valence-corrected chi connectivity index (χ3v) is 1.44. The average molecular weight is 214 g/mol. The van der Waals surface area contributed by atoms with Crippen molar-refractivity contribution in [2.45, 2.75) is 25.9 Å². The van der Waals surface area contributed by atoms with Gasteiger partial charge in [0.05, 0.1) is 6.42 Å². The standard InChI is InChI=1S/C10H9F3N2/c1-2-3-8(5-10(11,12)13)4-9(6-14)7-15/h3-4H,2,5H2,1H3/b8-3+. The van der Waals surface area contributed by atoms with Crippen LogP contribution in [0.1, 0.15) is 19.8 Å². The quantitative estimate of drug-likeness (QED) is 0.534. The minimum Gasteiger partial charge on any atom is -0.192 e. The molecule has 0 bridgehead atoms. The van der Waals surface area contributed by atoms with Gasteiger partial charge in [-0.1, -0.05) is 13.0 Å². The molecule has 0 aliphatic rings. The molecule has 0 aliphatic heterocycles. The normalized spacial score (nSPS) is 11.5. The molecule has 0 amide bonds. The summed E-state index contributed by atoms with van der Waals surface area (Å²) in [6, 6.07) is 3.04. The van der Waals surface area contributed by atoms with Crippen molar-refractivity contribution in [1.29, 1.82) is 10.5 Å². The van der Waals surface area contributed by atoms with E-state index in [0.29, 0.717) is 6.42 Å². The summed E-state index contributed by atoms with van der Waals surface area (Å²) < 4.78 is 36.2. The second-order valence-electron chi connectivity index (χ2n) is 2.76. The molecule has 0 heterocycles. The summed E-state index contributed by atoms with van der Waals surface area (Å²) in [4.78, 5) is 0. The number of hydrogen-bond donors (Lipinski definition) is 0. The van der Waals surface area contributed by atoms with Crippen molar-refractivity contribution in [3.8, 4) is 12.1 Å². The van der Waals surface area contributed by atoms with Crippen LogP contribution in [0, 0.1) is 22.7 Å². The van der Waals surface area contributed by atoms with Crippen molar-refractivity contribution < 1.29 is 13.2 Å². The van der Waals surface area contributed by atoms with E-state index in [0.717, 1.165) is 6.08 Å². The van der Waals surface area contributed by atoms with E-state index in [1.165, 1.54) is 18.2 Å². The summed E-state index contributed by atoms with van der Waals surface area (Å²) in [5.74, 6) is 0. The van der Waals surface area contributed by atoms with Gasteiger partial charge in [-0.05, 0) is 18.1 Å². The van der Waals surface area contributed by atoms with Gasteiger partial charge in [0.15, 0.2) is 0 Å². The van der Waals surface area contributed by atoms with Crippen LogP contribution in [0.5, 0.6) is 0 Å². The van der Waals surface area contributed by atoms with E-state index in [9.17, 15) is 13.2 Å². The fourth-order valence-corrected chi connectivity index (χ4v) is 0.951. The molecule has 80 valence electrons. The molecule has 0 spiro atoms. The van der Waals surface area contributed by atoms with E-state index in [4.69, 9.17) is 10.5 Å². The Labute approximate surface area is 85.9 Å². The SMILES string of the molecule is CC/C=C(\C=C(C#N)C#N)CC(F)(F)F. The topological polar surface area (TPSA) is 47.6 Å². The van der Waals surface area contributed by atoms with Gasteiger partial charge in [-0.25, -0.2) is 0 Å². The molecular weight excluding hydrogens is 205 g/mol. The second kappa shape index (κ2) is 5.87. The van der Waals surface area contributed by atoms with Gasteiger partial charge >= 0.3 is 6.18 Å². The van der Waals surface area contributed by atoms with E-state index < -0.39 is 12.6 Å². The zero-order valence-corrected chi connectivity index (χ0v) is 8.10. The molecule has 0 aliphatic carbocycles. The minimum absolute atomic E-state index is 0.0527. The lowest BCUT2D eigenvalue weighted by molar-refractivity contribution is -0.126. The van der Waals surface area contributed by atoms with Crippen LogP contribution in [-0.4, -0.2) is 6.18 Å². The maximum Gasteiger partial charge on any atom is 0.393 e. The van der Waals surface area contributed by atoms with Crippen LogP contribution in [-0.2, 0) is 0 Å². The van der Waals surface area contributed by atoms with Crippen molar-refractivity contribution in [3.05, 3.63) is 23.3 Å². The molecule has 0 aromatic carbocycles. The van der Waals surface area contributed by atoms with Gasteiger partial charge < -0.3 is 0 Å². The highest BCUT2D eigenvalue weighted by molar-refractivity contribution is 5.41. The summed E-state index contributed by atoms with van der Waals surface area (Å²) in [5, 5.41) is 16.8. The summed E-state index contributed by atoms with van der Waals surface area (Å²) >= 11 is 0. The molecule has 0 radical (unpaired) electrons. The molecule has 0 unspecified atom stereocenters. The Morgan fingerprint density at radius 3 is 2.13 bits per heavy atom. The third kappa shape index (κ3) is 6.34. The highest BCUT2D eigenvalue weighted by Crippen LogP contribution is 2.25. The van der Waals surface area contributed by atoms with Crippen molar-refractivity contribution in [3.63, 3.8) is 0 Å². The zero-order chi connectivity index (χ0) is 11.9. The van der Waals surface area contributed by atoms with Crippen LogP contribution in [0.25, 0.3) is 0 Å². The van der Waals surface area contributed by atoms with E-state index in [1.807, 2.05) is 0 Å². The zero-order valence-electron chi connectivity index (χ0n) is 8.10. The Bertz CT molecular complexity index is 334. The van der Waals surface area contributed by atoms with Crippen molar-refractivity contribution >= 4 is 0 Å².